The summed E-state index contributed by atoms with van der Waals surface area (Å²) in [5, 5.41) is 0. The zero-order chi connectivity index (χ0) is 10.0. The fourth-order valence-electron chi connectivity index (χ4n) is 0.729. The summed E-state index contributed by atoms with van der Waals surface area (Å²) in [6.45, 7) is 0. The molecular weight excluding hydrogens is 240 g/mol. The molecule has 1 aromatic heterocycles. The Hall–Kier alpha value is -1.14. The standard InChI is InChI=1S/C7H7BrN2O3/c8-4-2-1-3(13-4)6(11)5(9)7(10)12/h1-2,5H,9H2,(H2,10,12). The Morgan fingerprint density at radius 2 is 2.08 bits per heavy atom. The molecule has 0 saturated heterocycles. The predicted molar refractivity (Wildman–Crippen MR) is 47.9 cm³/mol. The summed E-state index contributed by atoms with van der Waals surface area (Å²) < 4.78 is 5.29. The van der Waals surface area contributed by atoms with Gasteiger partial charge >= 0.3 is 0 Å². The van der Waals surface area contributed by atoms with Crippen LogP contribution in [0.2, 0.25) is 0 Å². The van der Waals surface area contributed by atoms with Gasteiger partial charge in [0.1, 0.15) is 0 Å². The molecule has 13 heavy (non-hydrogen) atoms. The zero-order valence-corrected chi connectivity index (χ0v) is 8.08. The first kappa shape index (κ1) is 9.94. The van der Waals surface area contributed by atoms with E-state index in [1.54, 1.807) is 0 Å². The van der Waals surface area contributed by atoms with Gasteiger partial charge in [0.05, 0.1) is 0 Å². The van der Waals surface area contributed by atoms with Crippen LogP contribution >= 0.6 is 15.9 Å². The predicted octanol–water partition coefficient (Wildman–Crippen LogP) is 0.0374. The first-order valence-electron chi connectivity index (χ1n) is 3.37. The molecule has 0 saturated carbocycles. The maximum Gasteiger partial charge on any atom is 0.242 e. The largest absolute Gasteiger partial charge is 0.446 e. The Labute approximate surface area is 82.2 Å². The quantitative estimate of drug-likeness (QED) is 0.581. The molecule has 1 amide bonds. The summed E-state index contributed by atoms with van der Waals surface area (Å²) in [5.41, 5.74) is 10.0. The molecule has 1 atom stereocenters. The van der Waals surface area contributed by atoms with E-state index in [1.807, 2.05) is 0 Å². The number of carbonyl (C=O) groups excluding carboxylic acids is 2. The van der Waals surface area contributed by atoms with Crippen LogP contribution in [0, 0.1) is 0 Å². The second-order valence-corrected chi connectivity index (χ2v) is 3.13. The van der Waals surface area contributed by atoms with E-state index in [2.05, 4.69) is 15.9 Å². The normalized spacial score (nSPS) is 12.5. The maximum absolute atomic E-state index is 11.3. The SMILES string of the molecule is NC(=O)C(N)C(=O)c1ccc(Br)o1. The number of hydrogen-bond acceptors (Lipinski definition) is 4. The van der Waals surface area contributed by atoms with Crippen LogP contribution in [0.5, 0.6) is 0 Å². The highest BCUT2D eigenvalue weighted by Gasteiger charge is 2.23. The molecule has 70 valence electrons. The lowest BCUT2D eigenvalue weighted by Crippen LogP contribution is -2.43. The van der Waals surface area contributed by atoms with Crippen molar-refractivity contribution >= 4 is 27.6 Å². The fraction of sp³-hybridized carbons (Fsp3) is 0.143. The third-order valence-electron chi connectivity index (χ3n) is 1.41. The van der Waals surface area contributed by atoms with E-state index in [4.69, 9.17) is 15.9 Å². The van der Waals surface area contributed by atoms with Crippen molar-refractivity contribution in [3.05, 3.63) is 22.6 Å². The summed E-state index contributed by atoms with van der Waals surface area (Å²) in [4.78, 5) is 21.8. The first-order valence-corrected chi connectivity index (χ1v) is 4.16. The molecule has 6 heteroatoms. The van der Waals surface area contributed by atoms with E-state index in [0.717, 1.165) is 0 Å². The highest BCUT2D eigenvalue weighted by atomic mass is 79.9. The van der Waals surface area contributed by atoms with Crippen LogP contribution in [0.4, 0.5) is 0 Å². The topological polar surface area (TPSA) is 99.3 Å². The Kier molecular flexibility index (Phi) is 2.84. The van der Waals surface area contributed by atoms with E-state index in [1.165, 1.54) is 12.1 Å². The van der Waals surface area contributed by atoms with E-state index in [9.17, 15) is 9.59 Å². The Balaban J connectivity index is 2.85. The van der Waals surface area contributed by atoms with Crippen molar-refractivity contribution in [3.63, 3.8) is 0 Å². The number of rotatable bonds is 3. The molecule has 1 unspecified atom stereocenters. The van der Waals surface area contributed by atoms with E-state index >= 15 is 0 Å². The molecule has 4 N–H and O–H groups in total. The van der Waals surface area contributed by atoms with Crippen molar-refractivity contribution in [2.45, 2.75) is 6.04 Å². The van der Waals surface area contributed by atoms with Gasteiger partial charge in [0.15, 0.2) is 16.5 Å². The highest BCUT2D eigenvalue weighted by Crippen LogP contribution is 2.14. The van der Waals surface area contributed by atoms with Gasteiger partial charge in [0.2, 0.25) is 11.7 Å². The minimum Gasteiger partial charge on any atom is -0.446 e. The minimum absolute atomic E-state index is 0.0122. The summed E-state index contributed by atoms with van der Waals surface area (Å²) in [6, 6.07) is 1.59. The number of ketones is 1. The fourth-order valence-corrected chi connectivity index (χ4v) is 1.04. The number of hydrogen-bond donors (Lipinski definition) is 2. The van der Waals surface area contributed by atoms with Gasteiger partial charge in [0.25, 0.3) is 0 Å². The number of primary amides is 1. The molecule has 0 aromatic carbocycles. The second kappa shape index (κ2) is 3.71. The maximum atomic E-state index is 11.3. The van der Waals surface area contributed by atoms with E-state index in [-0.39, 0.29) is 5.76 Å². The lowest BCUT2D eigenvalue weighted by molar-refractivity contribution is -0.118. The summed E-state index contributed by atoms with van der Waals surface area (Å²) >= 11 is 3.01. The van der Waals surface area contributed by atoms with E-state index in [0.29, 0.717) is 4.67 Å². The van der Waals surface area contributed by atoms with Gasteiger partial charge in [0, 0.05) is 0 Å². The van der Waals surface area contributed by atoms with E-state index < -0.39 is 17.7 Å². The molecule has 1 heterocycles. The summed E-state index contributed by atoms with van der Waals surface area (Å²) in [7, 11) is 0. The van der Waals surface area contributed by atoms with Crippen molar-refractivity contribution in [2.75, 3.05) is 0 Å². The van der Waals surface area contributed by atoms with Gasteiger partial charge in [-0.3, -0.25) is 9.59 Å². The van der Waals surface area contributed by atoms with Gasteiger partial charge in [-0.15, -0.1) is 0 Å². The lowest BCUT2D eigenvalue weighted by Gasteiger charge is -2.02. The minimum atomic E-state index is -1.35. The molecule has 1 rings (SSSR count). The monoisotopic (exact) mass is 246 g/mol. The number of carbonyl (C=O) groups is 2. The second-order valence-electron chi connectivity index (χ2n) is 2.35. The molecule has 0 aliphatic heterocycles. The smallest absolute Gasteiger partial charge is 0.242 e. The molecule has 0 bridgehead atoms. The molecule has 0 aliphatic rings. The van der Waals surface area contributed by atoms with Crippen LogP contribution in [0.25, 0.3) is 0 Å². The van der Waals surface area contributed by atoms with Gasteiger partial charge in [-0.2, -0.15) is 0 Å². The van der Waals surface area contributed by atoms with Crippen molar-refractivity contribution in [3.8, 4) is 0 Å². The summed E-state index contributed by atoms with van der Waals surface area (Å²) in [5.74, 6) is -1.49. The van der Waals surface area contributed by atoms with Crippen LogP contribution in [0.3, 0.4) is 0 Å². The van der Waals surface area contributed by atoms with Gasteiger partial charge < -0.3 is 15.9 Å². The van der Waals surface area contributed by atoms with Crippen LogP contribution in [0.15, 0.2) is 21.2 Å². The molecule has 0 spiro atoms. The average Bonchev–Trinajstić information content (AvgIpc) is 2.49. The van der Waals surface area contributed by atoms with Crippen molar-refractivity contribution in [1.82, 2.24) is 0 Å². The Bertz CT molecular complexity index is 347. The number of halogens is 1. The molecule has 1 aromatic rings. The highest BCUT2D eigenvalue weighted by molar-refractivity contribution is 9.10. The van der Waals surface area contributed by atoms with Crippen molar-refractivity contribution in [2.24, 2.45) is 11.5 Å². The van der Waals surface area contributed by atoms with Gasteiger partial charge in [-0.25, -0.2) is 0 Å². The van der Waals surface area contributed by atoms with Gasteiger partial charge in [-0.05, 0) is 28.1 Å². The number of Topliss-reactive ketones (excluding diaryl/α,β-unsaturated/α-hetero) is 1. The third-order valence-corrected chi connectivity index (χ3v) is 1.83. The molecule has 5 nitrogen and oxygen atoms in total. The Morgan fingerprint density at radius 3 is 2.46 bits per heavy atom. The lowest BCUT2D eigenvalue weighted by atomic mass is 10.1. The number of furan rings is 1. The third kappa shape index (κ3) is 2.16. The van der Waals surface area contributed by atoms with Crippen LogP contribution in [-0.2, 0) is 4.79 Å². The van der Waals surface area contributed by atoms with Crippen LogP contribution in [0.1, 0.15) is 10.6 Å². The van der Waals surface area contributed by atoms with Crippen LogP contribution in [-0.4, -0.2) is 17.7 Å². The Morgan fingerprint density at radius 1 is 1.46 bits per heavy atom. The van der Waals surface area contributed by atoms with Gasteiger partial charge in [-0.1, -0.05) is 0 Å². The van der Waals surface area contributed by atoms with Crippen molar-refractivity contribution in [1.29, 1.82) is 0 Å². The number of amides is 1. The molecule has 0 radical (unpaired) electrons. The van der Waals surface area contributed by atoms with Crippen LogP contribution < -0.4 is 11.5 Å². The molecule has 0 fully saturated rings. The average molecular weight is 247 g/mol. The number of nitrogens with two attached hydrogens (primary N) is 2. The summed E-state index contributed by atoms with van der Waals surface area (Å²) in [6.07, 6.45) is 0. The first-order chi connectivity index (χ1) is 6.02. The zero-order valence-electron chi connectivity index (χ0n) is 6.49. The molecule has 0 aliphatic carbocycles. The van der Waals surface area contributed by atoms with Crippen molar-refractivity contribution < 1.29 is 14.0 Å². The molecular formula is C7H7BrN2O3.